The maximum atomic E-state index is 5.86. The molecule has 0 bridgehead atoms. The van der Waals surface area contributed by atoms with Crippen molar-refractivity contribution in [1.29, 1.82) is 0 Å². The molecule has 1 aliphatic heterocycles. The zero-order chi connectivity index (χ0) is 20.6. The SMILES string of the molecule is C=C(C)COc1cc(CNCC(c2cccs2)N2CCN(C)CC2)ccc1OC. The first-order chi connectivity index (χ1) is 14.1. The van der Waals surface area contributed by atoms with Crippen LogP contribution in [0.3, 0.4) is 0 Å². The Morgan fingerprint density at radius 1 is 1.21 bits per heavy atom. The highest BCUT2D eigenvalue weighted by atomic mass is 32.1. The van der Waals surface area contributed by atoms with Gasteiger partial charge in [-0.2, -0.15) is 0 Å². The minimum Gasteiger partial charge on any atom is -0.493 e. The van der Waals surface area contributed by atoms with E-state index in [1.807, 2.05) is 24.3 Å². The topological polar surface area (TPSA) is 37.0 Å². The number of nitrogens with one attached hydrogen (secondary N) is 1. The van der Waals surface area contributed by atoms with Gasteiger partial charge in [0, 0.05) is 44.1 Å². The van der Waals surface area contributed by atoms with Gasteiger partial charge in [-0.3, -0.25) is 4.90 Å². The Bertz CT molecular complexity index is 770. The number of piperazine rings is 1. The summed E-state index contributed by atoms with van der Waals surface area (Å²) in [6.45, 7) is 12.6. The predicted molar refractivity (Wildman–Crippen MR) is 121 cm³/mol. The number of ether oxygens (including phenoxy) is 2. The van der Waals surface area contributed by atoms with Crippen molar-refractivity contribution in [2.45, 2.75) is 19.5 Å². The Balaban J connectivity index is 1.61. The molecule has 5 nitrogen and oxygen atoms in total. The van der Waals surface area contributed by atoms with Crippen molar-refractivity contribution >= 4 is 11.3 Å². The van der Waals surface area contributed by atoms with Crippen LogP contribution in [-0.2, 0) is 6.54 Å². The molecule has 0 saturated carbocycles. The summed E-state index contributed by atoms with van der Waals surface area (Å²) in [6.07, 6.45) is 0. The van der Waals surface area contributed by atoms with Crippen LogP contribution in [0.2, 0.25) is 0 Å². The van der Waals surface area contributed by atoms with E-state index in [1.165, 1.54) is 10.4 Å². The number of hydrogen-bond donors (Lipinski definition) is 1. The molecule has 1 aromatic carbocycles. The van der Waals surface area contributed by atoms with Crippen LogP contribution in [0, 0.1) is 0 Å². The lowest BCUT2D eigenvalue weighted by Gasteiger charge is -2.37. The molecular weight excluding hydrogens is 382 g/mol. The van der Waals surface area contributed by atoms with E-state index in [2.05, 4.69) is 58.4 Å². The molecule has 29 heavy (non-hydrogen) atoms. The van der Waals surface area contributed by atoms with Crippen molar-refractivity contribution in [2.75, 3.05) is 53.5 Å². The lowest BCUT2D eigenvalue weighted by atomic mass is 10.1. The fourth-order valence-electron chi connectivity index (χ4n) is 3.52. The van der Waals surface area contributed by atoms with E-state index in [0.29, 0.717) is 12.6 Å². The summed E-state index contributed by atoms with van der Waals surface area (Å²) in [5.74, 6) is 1.52. The second-order valence-electron chi connectivity index (χ2n) is 7.73. The first-order valence-corrected chi connectivity index (χ1v) is 11.1. The molecule has 1 fully saturated rings. The molecule has 1 aromatic heterocycles. The molecule has 1 atom stereocenters. The largest absolute Gasteiger partial charge is 0.493 e. The van der Waals surface area contributed by atoms with Crippen molar-refractivity contribution < 1.29 is 9.47 Å². The molecule has 2 heterocycles. The van der Waals surface area contributed by atoms with E-state index in [0.717, 1.165) is 56.3 Å². The van der Waals surface area contributed by atoms with Crippen molar-refractivity contribution in [3.05, 3.63) is 58.3 Å². The van der Waals surface area contributed by atoms with Crippen LogP contribution in [-0.4, -0.2) is 63.3 Å². The maximum absolute atomic E-state index is 5.86. The van der Waals surface area contributed by atoms with Crippen molar-refractivity contribution in [2.24, 2.45) is 0 Å². The summed E-state index contributed by atoms with van der Waals surface area (Å²) < 4.78 is 11.3. The second-order valence-corrected chi connectivity index (χ2v) is 8.71. The standard InChI is InChI=1S/C23H33N3O2S/c1-18(2)17-28-22-14-19(7-8-21(22)27-4)15-24-16-20(23-6-5-13-29-23)26-11-9-25(3)10-12-26/h5-8,13-14,20,24H,1,9-12,15-17H2,2-4H3. The Labute approximate surface area is 178 Å². The molecule has 1 N–H and O–H groups in total. The average molecular weight is 416 g/mol. The highest BCUT2D eigenvalue weighted by Gasteiger charge is 2.24. The van der Waals surface area contributed by atoms with Gasteiger partial charge in [0.05, 0.1) is 13.2 Å². The number of benzene rings is 1. The molecule has 0 aliphatic carbocycles. The fraction of sp³-hybridized carbons (Fsp3) is 0.478. The monoisotopic (exact) mass is 415 g/mol. The minimum atomic E-state index is 0.418. The molecule has 0 radical (unpaired) electrons. The van der Waals surface area contributed by atoms with Crippen LogP contribution in [0.1, 0.15) is 23.4 Å². The summed E-state index contributed by atoms with van der Waals surface area (Å²) in [5.41, 5.74) is 2.17. The minimum absolute atomic E-state index is 0.418. The molecule has 0 amide bonds. The van der Waals surface area contributed by atoms with Gasteiger partial charge < -0.3 is 19.7 Å². The number of likely N-dealkylation sites (N-methyl/N-ethyl adjacent to an activating group) is 1. The van der Waals surface area contributed by atoms with Crippen LogP contribution in [0.5, 0.6) is 11.5 Å². The molecular formula is C23H33N3O2S. The predicted octanol–water partition coefficient (Wildman–Crippen LogP) is 3.79. The third-order valence-corrected chi connectivity index (χ3v) is 6.19. The van der Waals surface area contributed by atoms with Gasteiger partial charge >= 0.3 is 0 Å². The quantitative estimate of drug-likeness (QED) is 0.598. The number of nitrogens with zero attached hydrogens (tertiary/aromatic N) is 2. The van der Waals surface area contributed by atoms with Crippen molar-refractivity contribution in [1.82, 2.24) is 15.1 Å². The van der Waals surface area contributed by atoms with Crippen LogP contribution < -0.4 is 14.8 Å². The first-order valence-electron chi connectivity index (χ1n) is 10.2. The van der Waals surface area contributed by atoms with Gasteiger partial charge in [0.2, 0.25) is 0 Å². The van der Waals surface area contributed by atoms with Gasteiger partial charge in [-0.15, -0.1) is 11.3 Å². The van der Waals surface area contributed by atoms with E-state index >= 15 is 0 Å². The van der Waals surface area contributed by atoms with Gasteiger partial charge in [0.15, 0.2) is 11.5 Å². The van der Waals surface area contributed by atoms with E-state index in [-0.39, 0.29) is 0 Å². The van der Waals surface area contributed by atoms with Crippen LogP contribution in [0.4, 0.5) is 0 Å². The van der Waals surface area contributed by atoms with Crippen molar-refractivity contribution in [3.8, 4) is 11.5 Å². The average Bonchev–Trinajstić information content (AvgIpc) is 3.25. The second kappa shape index (κ2) is 10.8. The molecule has 1 saturated heterocycles. The lowest BCUT2D eigenvalue weighted by molar-refractivity contribution is 0.111. The summed E-state index contributed by atoms with van der Waals surface area (Å²) in [4.78, 5) is 6.44. The number of methoxy groups -OCH3 is 1. The molecule has 6 heteroatoms. The normalized spacial score (nSPS) is 16.5. The Kier molecular flexibility index (Phi) is 8.12. The van der Waals surface area contributed by atoms with Gasteiger partial charge in [-0.1, -0.05) is 18.7 Å². The maximum Gasteiger partial charge on any atom is 0.161 e. The summed E-state index contributed by atoms with van der Waals surface area (Å²) >= 11 is 1.85. The number of rotatable bonds is 10. The van der Waals surface area contributed by atoms with Crippen LogP contribution >= 0.6 is 11.3 Å². The van der Waals surface area contributed by atoms with E-state index < -0.39 is 0 Å². The molecule has 2 aromatic rings. The molecule has 0 spiro atoms. The van der Waals surface area contributed by atoms with Crippen LogP contribution in [0.25, 0.3) is 0 Å². The summed E-state index contributed by atoms with van der Waals surface area (Å²) in [7, 11) is 3.87. The molecule has 1 unspecified atom stereocenters. The van der Waals surface area contributed by atoms with E-state index in [4.69, 9.17) is 9.47 Å². The zero-order valence-electron chi connectivity index (χ0n) is 17.8. The number of thiophene rings is 1. The van der Waals surface area contributed by atoms with Crippen LogP contribution in [0.15, 0.2) is 47.9 Å². The van der Waals surface area contributed by atoms with Gasteiger partial charge in [-0.25, -0.2) is 0 Å². The highest BCUT2D eigenvalue weighted by molar-refractivity contribution is 7.10. The van der Waals surface area contributed by atoms with E-state index in [1.54, 1.807) is 7.11 Å². The molecule has 1 aliphatic rings. The fourth-order valence-corrected chi connectivity index (χ4v) is 4.38. The van der Waals surface area contributed by atoms with E-state index in [9.17, 15) is 0 Å². The smallest absolute Gasteiger partial charge is 0.161 e. The Morgan fingerprint density at radius 2 is 2.00 bits per heavy atom. The molecule has 3 rings (SSSR count). The first kappa shape index (κ1) is 21.8. The highest BCUT2D eigenvalue weighted by Crippen LogP contribution is 2.29. The third-order valence-electron chi connectivity index (χ3n) is 5.22. The molecule has 158 valence electrons. The Hall–Kier alpha value is -1.86. The summed E-state index contributed by atoms with van der Waals surface area (Å²) in [6, 6.07) is 11.0. The lowest BCUT2D eigenvalue weighted by Crippen LogP contribution is -2.47. The Morgan fingerprint density at radius 3 is 2.66 bits per heavy atom. The zero-order valence-corrected chi connectivity index (χ0v) is 18.6. The summed E-state index contributed by atoms with van der Waals surface area (Å²) in [5, 5.41) is 5.84. The van der Waals surface area contributed by atoms with Crippen molar-refractivity contribution in [3.63, 3.8) is 0 Å². The van der Waals surface area contributed by atoms with Gasteiger partial charge in [-0.05, 0) is 48.7 Å². The van der Waals surface area contributed by atoms with Gasteiger partial charge in [0.25, 0.3) is 0 Å². The number of hydrogen-bond acceptors (Lipinski definition) is 6. The third kappa shape index (κ3) is 6.31. The van der Waals surface area contributed by atoms with Gasteiger partial charge in [0.1, 0.15) is 6.61 Å².